The molecule has 0 radical (unpaired) electrons. The minimum absolute atomic E-state index is 0.138. The van der Waals surface area contributed by atoms with E-state index in [-0.39, 0.29) is 10.6 Å². The normalized spacial score (nSPS) is 13.4. The summed E-state index contributed by atoms with van der Waals surface area (Å²) in [4.78, 5) is 12.6. The second kappa shape index (κ2) is 10.0. The number of alkyl halides is 3. The standard InChI is InChI=1S/C25H21F3N2O5S/c1-24(32,23(31)30-18-10-7-17(14-29)21(13-18)25(26,27)28)15-36(33,34)22-6-4-3-5-20(22)16-8-11-19(35-2)12-9-16/h3-13,32H,15H2,1-2H3,(H,30,31). The average Bonchev–Trinajstić information content (AvgIpc) is 2.83. The van der Waals surface area contributed by atoms with Crippen molar-refractivity contribution < 1.29 is 36.2 Å². The molecular formula is C25H21F3N2O5S. The van der Waals surface area contributed by atoms with Crippen molar-refractivity contribution >= 4 is 21.4 Å². The number of aliphatic hydroxyl groups is 1. The summed E-state index contributed by atoms with van der Waals surface area (Å²) in [5.41, 5.74) is -3.90. The fourth-order valence-electron chi connectivity index (χ4n) is 3.48. The van der Waals surface area contributed by atoms with Crippen molar-refractivity contribution in [3.8, 4) is 22.9 Å². The molecule has 0 aliphatic heterocycles. The van der Waals surface area contributed by atoms with Gasteiger partial charge in [0.1, 0.15) is 5.75 Å². The Hall–Kier alpha value is -3.88. The topological polar surface area (TPSA) is 116 Å². The van der Waals surface area contributed by atoms with Gasteiger partial charge in [-0.25, -0.2) is 8.42 Å². The first kappa shape index (κ1) is 26.7. The summed E-state index contributed by atoms with van der Waals surface area (Å²) in [5, 5.41) is 21.7. The van der Waals surface area contributed by atoms with E-state index in [0.29, 0.717) is 22.9 Å². The van der Waals surface area contributed by atoms with Crippen LogP contribution in [-0.4, -0.2) is 37.9 Å². The molecule has 0 heterocycles. The molecule has 1 unspecified atom stereocenters. The van der Waals surface area contributed by atoms with E-state index >= 15 is 0 Å². The predicted octanol–water partition coefficient (Wildman–Crippen LogP) is 4.42. The van der Waals surface area contributed by atoms with Gasteiger partial charge >= 0.3 is 6.18 Å². The first-order chi connectivity index (χ1) is 16.8. The van der Waals surface area contributed by atoms with Crippen LogP contribution in [0.3, 0.4) is 0 Å². The number of carbonyl (C=O) groups is 1. The van der Waals surface area contributed by atoms with Gasteiger partial charge in [0.15, 0.2) is 15.4 Å². The molecule has 3 rings (SSSR count). The molecule has 0 aromatic heterocycles. The van der Waals surface area contributed by atoms with E-state index in [1.165, 1.54) is 25.3 Å². The van der Waals surface area contributed by atoms with Crippen LogP contribution in [-0.2, 0) is 20.8 Å². The molecule has 7 nitrogen and oxygen atoms in total. The summed E-state index contributed by atoms with van der Waals surface area (Å²) < 4.78 is 71.2. The molecule has 36 heavy (non-hydrogen) atoms. The predicted molar refractivity (Wildman–Crippen MR) is 126 cm³/mol. The molecular weight excluding hydrogens is 497 g/mol. The smallest absolute Gasteiger partial charge is 0.417 e. The summed E-state index contributed by atoms with van der Waals surface area (Å²) >= 11 is 0. The number of nitrogens with one attached hydrogen (secondary N) is 1. The third-order valence-electron chi connectivity index (χ3n) is 5.29. The van der Waals surface area contributed by atoms with E-state index in [1.54, 1.807) is 36.4 Å². The highest BCUT2D eigenvalue weighted by molar-refractivity contribution is 7.91. The molecule has 0 fully saturated rings. The number of benzene rings is 3. The van der Waals surface area contributed by atoms with Gasteiger partial charge in [-0.2, -0.15) is 18.4 Å². The van der Waals surface area contributed by atoms with E-state index in [2.05, 4.69) is 5.32 Å². The van der Waals surface area contributed by atoms with Gasteiger partial charge in [0.2, 0.25) is 0 Å². The molecule has 1 atom stereocenters. The van der Waals surface area contributed by atoms with Gasteiger partial charge in [0.05, 0.1) is 35.0 Å². The summed E-state index contributed by atoms with van der Waals surface area (Å²) in [6.07, 6.45) is -4.86. The van der Waals surface area contributed by atoms with Crippen molar-refractivity contribution in [3.05, 3.63) is 77.9 Å². The minimum Gasteiger partial charge on any atom is -0.497 e. The molecule has 0 aliphatic rings. The van der Waals surface area contributed by atoms with Gasteiger partial charge in [-0.05, 0) is 48.9 Å². The molecule has 3 aromatic rings. The number of hydrogen-bond acceptors (Lipinski definition) is 6. The maximum absolute atomic E-state index is 13.2. The number of hydrogen-bond donors (Lipinski definition) is 2. The maximum atomic E-state index is 13.2. The van der Waals surface area contributed by atoms with Crippen molar-refractivity contribution in [2.45, 2.75) is 23.6 Å². The van der Waals surface area contributed by atoms with Crippen LogP contribution in [0.15, 0.2) is 71.6 Å². The first-order valence-electron chi connectivity index (χ1n) is 10.4. The van der Waals surface area contributed by atoms with Crippen LogP contribution in [0.4, 0.5) is 18.9 Å². The zero-order valence-electron chi connectivity index (χ0n) is 19.1. The third-order valence-corrected chi connectivity index (χ3v) is 7.25. The molecule has 0 bridgehead atoms. The Bertz CT molecular complexity index is 1430. The number of carbonyl (C=O) groups excluding carboxylic acids is 1. The van der Waals surface area contributed by atoms with Crippen LogP contribution in [0.25, 0.3) is 11.1 Å². The summed E-state index contributed by atoms with van der Waals surface area (Å²) in [6, 6.07) is 16.5. The Balaban J connectivity index is 1.88. The number of anilines is 1. The highest BCUT2D eigenvalue weighted by Crippen LogP contribution is 2.34. The molecule has 0 saturated heterocycles. The lowest BCUT2D eigenvalue weighted by Crippen LogP contribution is -2.45. The van der Waals surface area contributed by atoms with Crippen molar-refractivity contribution in [1.82, 2.24) is 0 Å². The van der Waals surface area contributed by atoms with E-state index in [9.17, 15) is 31.5 Å². The second-order valence-electron chi connectivity index (χ2n) is 8.08. The number of nitriles is 1. The average molecular weight is 519 g/mol. The summed E-state index contributed by atoms with van der Waals surface area (Å²) in [5.74, 6) is -1.71. The van der Waals surface area contributed by atoms with Gasteiger partial charge in [-0.3, -0.25) is 4.79 Å². The Morgan fingerprint density at radius 1 is 1.08 bits per heavy atom. The monoisotopic (exact) mass is 518 g/mol. The molecule has 3 aromatic carbocycles. The van der Waals surface area contributed by atoms with Gasteiger partial charge in [-0.1, -0.05) is 30.3 Å². The molecule has 188 valence electrons. The minimum atomic E-state index is -4.86. The fourth-order valence-corrected chi connectivity index (χ4v) is 5.31. The lowest BCUT2D eigenvalue weighted by Gasteiger charge is -2.23. The number of sulfone groups is 1. The maximum Gasteiger partial charge on any atom is 0.417 e. The molecule has 1 amide bonds. The van der Waals surface area contributed by atoms with Gasteiger partial charge < -0.3 is 15.2 Å². The number of halogens is 3. The zero-order chi connectivity index (χ0) is 26.7. The number of amides is 1. The number of ether oxygens (including phenoxy) is 1. The van der Waals surface area contributed by atoms with E-state index < -0.39 is 44.4 Å². The number of nitrogens with zero attached hydrogens (tertiary/aromatic N) is 1. The van der Waals surface area contributed by atoms with Gasteiger partial charge in [-0.15, -0.1) is 0 Å². The quantitative estimate of drug-likeness (QED) is 0.479. The Morgan fingerprint density at radius 2 is 1.72 bits per heavy atom. The van der Waals surface area contributed by atoms with E-state index in [4.69, 9.17) is 10.00 Å². The highest BCUT2D eigenvalue weighted by Gasteiger charge is 2.38. The largest absolute Gasteiger partial charge is 0.497 e. The number of rotatable bonds is 7. The zero-order valence-corrected chi connectivity index (χ0v) is 19.9. The first-order valence-corrected chi connectivity index (χ1v) is 12.0. The van der Waals surface area contributed by atoms with Gasteiger partial charge in [0.25, 0.3) is 5.91 Å². The van der Waals surface area contributed by atoms with E-state index in [0.717, 1.165) is 19.1 Å². The van der Waals surface area contributed by atoms with Crippen molar-refractivity contribution in [2.24, 2.45) is 0 Å². The van der Waals surface area contributed by atoms with Crippen molar-refractivity contribution in [2.75, 3.05) is 18.2 Å². The lowest BCUT2D eigenvalue weighted by molar-refractivity contribution is -0.137. The SMILES string of the molecule is COc1ccc(-c2ccccc2S(=O)(=O)CC(C)(O)C(=O)Nc2ccc(C#N)c(C(F)(F)F)c2)cc1. The lowest BCUT2D eigenvalue weighted by atomic mass is 10.1. The third kappa shape index (κ3) is 5.84. The summed E-state index contributed by atoms with van der Waals surface area (Å²) in [7, 11) is -2.77. The van der Waals surface area contributed by atoms with E-state index in [1.807, 2.05) is 0 Å². The van der Waals surface area contributed by atoms with Crippen LogP contribution in [0, 0.1) is 11.3 Å². The van der Waals surface area contributed by atoms with Gasteiger partial charge in [0, 0.05) is 11.3 Å². The van der Waals surface area contributed by atoms with Crippen LogP contribution in [0.1, 0.15) is 18.1 Å². The summed E-state index contributed by atoms with van der Waals surface area (Å²) in [6.45, 7) is 0.949. The van der Waals surface area contributed by atoms with Crippen LogP contribution >= 0.6 is 0 Å². The molecule has 0 saturated carbocycles. The highest BCUT2D eigenvalue weighted by atomic mass is 32.2. The molecule has 0 spiro atoms. The molecule has 0 aliphatic carbocycles. The second-order valence-corrected chi connectivity index (χ2v) is 10.0. The molecule has 11 heteroatoms. The Morgan fingerprint density at radius 3 is 2.31 bits per heavy atom. The Labute approximate surface area is 205 Å². The molecule has 2 N–H and O–H groups in total. The Kier molecular flexibility index (Phi) is 7.43. The van der Waals surface area contributed by atoms with Crippen molar-refractivity contribution in [3.63, 3.8) is 0 Å². The van der Waals surface area contributed by atoms with Crippen LogP contribution in [0.5, 0.6) is 5.75 Å². The number of methoxy groups -OCH3 is 1. The van der Waals surface area contributed by atoms with Crippen molar-refractivity contribution in [1.29, 1.82) is 5.26 Å². The van der Waals surface area contributed by atoms with Crippen LogP contribution < -0.4 is 10.1 Å². The fraction of sp³-hybridized carbons (Fsp3) is 0.200. The van der Waals surface area contributed by atoms with Crippen LogP contribution in [0.2, 0.25) is 0 Å².